The Morgan fingerprint density at radius 2 is 1.88 bits per heavy atom. The molecule has 0 N–H and O–H groups in total. The summed E-state index contributed by atoms with van der Waals surface area (Å²) in [5.41, 5.74) is 2.88. The molecule has 0 bridgehead atoms. The van der Waals surface area contributed by atoms with Crippen molar-refractivity contribution in [2.75, 3.05) is 20.2 Å². The number of pyridine rings is 1. The summed E-state index contributed by atoms with van der Waals surface area (Å²) in [6, 6.07) is 9.80. The zero-order valence-electron chi connectivity index (χ0n) is 19.9. The average molecular weight is 464 g/mol. The lowest BCUT2D eigenvalue weighted by Gasteiger charge is -2.37. The van der Waals surface area contributed by atoms with Crippen LogP contribution in [0, 0.1) is 6.92 Å². The predicted molar refractivity (Wildman–Crippen MR) is 126 cm³/mol. The van der Waals surface area contributed by atoms with Crippen LogP contribution in [0.15, 0.2) is 36.5 Å². The van der Waals surface area contributed by atoms with Crippen molar-refractivity contribution in [1.29, 1.82) is 0 Å². The number of cyclic esters (lactones) is 1. The molecule has 3 aromatic rings. The summed E-state index contributed by atoms with van der Waals surface area (Å²) in [6.07, 6.45) is 2.39. The zero-order valence-corrected chi connectivity index (χ0v) is 19.9. The van der Waals surface area contributed by atoms with Gasteiger partial charge in [0.1, 0.15) is 17.4 Å². The number of aromatic nitrogens is 3. The lowest BCUT2D eigenvalue weighted by Crippen LogP contribution is -2.49. The fraction of sp³-hybridized carbons (Fsp3) is 0.440. The van der Waals surface area contributed by atoms with Crippen molar-refractivity contribution in [3.8, 4) is 5.75 Å². The number of carbonyl (C=O) groups excluding carboxylic acids is 2. The second kappa shape index (κ2) is 8.62. The van der Waals surface area contributed by atoms with Crippen molar-refractivity contribution in [2.45, 2.75) is 44.9 Å². The summed E-state index contributed by atoms with van der Waals surface area (Å²) >= 11 is 0. The Hall–Kier alpha value is -3.62. The molecule has 0 saturated carbocycles. The van der Waals surface area contributed by atoms with Crippen molar-refractivity contribution >= 4 is 23.0 Å². The van der Waals surface area contributed by atoms with Gasteiger partial charge in [-0.3, -0.25) is 14.4 Å². The van der Waals surface area contributed by atoms with Gasteiger partial charge in [0.25, 0.3) is 5.91 Å². The van der Waals surface area contributed by atoms with E-state index in [4.69, 9.17) is 9.47 Å². The van der Waals surface area contributed by atoms with E-state index in [0.29, 0.717) is 42.9 Å². The Labute approximate surface area is 198 Å². The fourth-order valence-corrected chi connectivity index (χ4v) is 5.31. The van der Waals surface area contributed by atoms with Crippen LogP contribution in [-0.4, -0.2) is 68.8 Å². The smallest absolute Gasteiger partial charge is 0.411 e. The summed E-state index contributed by atoms with van der Waals surface area (Å²) in [4.78, 5) is 34.3. The van der Waals surface area contributed by atoms with E-state index in [2.05, 4.69) is 10.1 Å². The predicted octanol–water partition coefficient (Wildman–Crippen LogP) is 3.47. The van der Waals surface area contributed by atoms with Crippen LogP contribution in [0.4, 0.5) is 4.79 Å². The minimum absolute atomic E-state index is 0.0309. The summed E-state index contributed by atoms with van der Waals surface area (Å²) in [6.45, 7) is 5.00. The molecule has 1 aromatic carbocycles. The van der Waals surface area contributed by atoms with Crippen LogP contribution >= 0.6 is 0 Å². The van der Waals surface area contributed by atoms with Crippen LogP contribution < -0.4 is 4.74 Å². The summed E-state index contributed by atoms with van der Waals surface area (Å²) in [5, 5.41) is 5.16. The normalized spacial score (nSPS) is 21.2. The van der Waals surface area contributed by atoms with Gasteiger partial charge in [-0.05, 0) is 32.3 Å². The van der Waals surface area contributed by atoms with Crippen LogP contribution in [-0.2, 0) is 11.8 Å². The van der Waals surface area contributed by atoms with Gasteiger partial charge in [-0.15, -0.1) is 0 Å². The van der Waals surface area contributed by atoms with Gasteiger partial charge < -0.3 is 14.4 Å². The first-order valence-electron chi connectivity index (χ1n) is 11.6. The molecule has 2 saturated heterocycles. The third-order valence-corrected chi connectivity index (χ3v) is 7.00. The molecule has 9 nitrogen and oxygen atoms in total. The van der Waals surface area contributed by atoms with Crippen LogP contribution in [0.25, 0.3) is 11.0 Å². The van der Waals surface area contributed by atoms with E-state index in [1.807, 2.05) is 61.0 Å². The van der Waals surface area contributed by atoms with E-state index in [1.54, 1.807) is 18.0 Å². The second-order valence-electron chi connectivity index (χ2n) is 9.00. The van der Waals surface area contributed by atoms with Gasteiger partial charge in [-0.25, -0.2) is 9.78 Å². The van der Waals surface area contributed by atoms with E-state index in [-0.39, 0.29) is 30.2 Å². The Morgan fingerprint density at radius 1 is 1.18 bits per heavy atom. The Morgan fingerprint density at radius 3 is 2.56 bits per heavy atom. The van der Waals surface area contributed by atoms with Gasteiger partial charge in [0.2, 0.25) is 0 Å². The number of amides is 2. The molecule has 2 fully saturated rings. The number of methoxy groups -OCH3 is 1. The molecule has 0 spiro atoms. The molecule has 2 atom stereocenters. The molecule has 9 heteroatoms. The molecule has 2 amide bonds. The van der Waals surface area contributed by atoms with Crippen LogP contribution in [0.3, 0.4) is 0 Å². The van der Waals surface area contributed by atoms with Gasteiger partial charge in [0, 0.05) is 32.4 Å². The molecule has 2 aromatic heterocycles. The highest BCUT2D eigenvalue weighted by atomic mass is 16.6. The highest BCUT2D eigenvalue weighted by Crippen LogP contribution is 2.36. The van der Waals surface area contributed by atoms with Gasteiger partial charge >= 0.3 is 6.09 Å². The molecule has 4 heterocycles. The minimum Gasteiger partial charge on any atom is -0.495 e. The van der Waals surface area contributed by atoms with E-state index >= 15 is 0 Å². The Balaban J connectivity index is 1.31. The molecule has 0 radical (unpaired) electrons. The second-order valence-corrected chi connectivity index (χ2v) is 9.00. The van der Waals surface area contributed by atoms with Gasteiger partial charge in [0.05, 0.1) is 24.2 Å². The molecule has 2 aliphatic heterocycles. The minimum atomic E-state index is -0.283. The summed E-state index contributed by atoms with van der Waals surface area (Å²) < 4.78 is 13.1. The lowest BCUT2D eigenvalue weighted by molar-refractivity contribution is 0.0637. The SMILES string of the molecule is COc1c(C(=O)N2CCC(N3C(=O)O[C@H](c4ccccc4)[C@@H]3C)CC2)cnc2c1c(C)nn2C. The number of ether oxygens (including phenoxy) is 2. The van der Waals surface area contributed by atoms with Crippen molar-refractivity contribution in [1.82, 2.24) is 24.6 Å². The van der Waals surface area contributed by atoms with Gasteiger partial charge in [0.15, 0.2) is 5.65 Å². The monoisotopic (exact) mass is 463 g/mol. The first-order chi connectivity index (χ1) is 16.4. The number of aryl methyl sites for hydroxylation is 2. The third kappa shape index (κ3) is 3.55. The number of likely N-dealkylation sites (tertiary alicyclic amines) is 1. The topological polar surface area (TPSA) is 89.8 Å². The molecule has 0 aliphatic carbocycles. The molecule has 5 rings (SSSR count). The average Bonchev–Trinajstić information content (AvgIpc) is 3.32. The molecule has 178 valence electrons. The van der Waals surface area contributed by atoms with E-state index < -0.39 is 0 Å². The highest BCUT2D eigenvalue weighted by molar-refractivity contribution is 6.02. The van der Waals surface area contributed by atoms with E-state index in [1.165, 1.54) is 0 Å². The van der Waals surface area contributed by atoms with E-state index in [9.17, 15) is 9.59 Å². The quantitative estimate of drug-likeness (QED) is 0.589. The lowest BCUT2D eigenvalue weighted by atomic mass is 9.98. The number of benzene rings is 1. The molecule has 34 heavy (non-hydrogen) atoms. The standard InChI is InChI=1S/C25H29N5O4/c1-15-20-22(33-4)19(14-26-23(20)28(3)27-15)24(31)29-12-10-18(11-13-29)30-16(2)21(34-25(30)32)17-8-6-5-7-9-17/h5-9,14,16,18,21H,10-13H2,1-4H3/t16-,21-/m0/s1. The number of piperidine rings is 1. The first-order valence-corrected chi connectivity index (χ1v) is 11.6. The maximum Gasteiger partial charge on any atom is 0.411 e. The number of carbonyl (C=O) groups is 2. The number of rotatable bonds is 4. The van der Waals surface area contributed by atoms with Crippen LogP contribution in [0.2, 0.25) is 0 Å². The van der Waals surface area contributed by atoms with Gasteiger partial charge in [-0.1, -0.05) is 30.3 Å². The molecular formula is C25H29N5O4. The summed E-state index contributed by atoms with van der Waals surface area (Å²) in [7, 11) is 3.38. The summed E-state index contributed by atoms with van der Waals surface area (Å²) in [5.74, 6) is 0.386. The highest BCUT2D eigenvalue weighted by Gasteiger charge is 2.44. The zero-order chi connectivity index (χ0) is 24.0. The van der Waals surface area contributed by atoms with Crippen molar-refractivity contribution < 1.29 is 19.1 Å². The maximum absolute atomic E-state index is 13.4. The maximum atomic E-state index is 13.4. The van der Waals surface area contributed by atoms with E-state index in [0.717, 1.165) is 16.6 Å². The number of hydrogen-bond donors (Lipinski definition) is 0. The van der Waals surface area contributed by atoms with Crippen molar-refractivity contribution in [2.24, 2.45) is 7.05 Å². The van der Waals surface area contributed by atoms with Crippen molar-refractivity contribution in [3.05, 3.63) is 53.3 Å². The Kier molecular flexibility index (Phi) is 5.63. The first kappa shape index (κ1) is 22.2. The van der Waals surface area contributed by atoms with Gasteiger partial charge in [-0.2, -0.15) is 5.10 Å². The van der Waals surface area contributed by atoms with Crippen molar-refractivity contribution in [3.63, 3.8) is 0 Å². The number of nitrogens with zero attached hydrogens (tertiary/aromatic N) is 5. The number of hydrogen-bond acceptors (Lipinski definition) is 6. The van der Waals surface area contributed by atoms with Crippen LogP contribution in [0.5, 0.6) is 5.75 Å². The molecule has 2 aliphatic rings. The molecular weight excluding hydrogens is 434 g/mol. The fourth-order valence-electron chi connectivity index (χ4n) is 5.31. The largest absolute Gasteiger partial charge is 0.495 e. The molecule has 0 unspecified atom stereocenters. The third-order valence-electron chi connectivity index (χ3n) is 7.00. The Bertz CT molecular complexity index is 1230. The van der Waals surface area contributed by atoms with Crippen LogP contribution in [0.1, 0.15) is 47.5 Å². The number of fused-ring (bicyclic) bond motifs is 1.